The number of carbonyl (C=O) groups excluding carboxylic acids is 1. The van der Waals surface area contributed by atoms with Crippen molar-refractivity contribution in [3.8, 4) is 0 Å². The van der Waals surface area contributed by atoms with Gasteiger partial charge in [-0.2, -0.15) is 0 Å². The number of morpholine rings is 1. The summed E-state index contributed by atoms with van der Waals surface area (Å²) in [6.45, 7) is 5.46. The van der Waals surface area contributed by atoms with Crippen LogP contribution in [0.4, 0.5) is 0 Å². The molecule has 0 radical (unpaired) electrons. The number of rotatable bonds is 2. The third kappa shape index (κ3) is 2.99. The normalized spacial score (nSPS) is 38.4. The van der Waals surface area contributed by atoms with Crippen LogP contribution in [0.25, 0.3) is 0 Å². The average Bonchev–Trinajstić information content (AvgIpc) is 2.68. The van der Waals surface area contributed by atoms with Gasteiger partial charge in [-0.3, -0.25) is 4.79 Å². The van der Waals surface area contributed by atoms with E-state index < -0.39 is 0 Å². The molecule has 0 aromatic carbocycles. The van der Waals surface area contributed by atoms with Gasteiger partial charge in [0.05, 0.1) is 18.8 Å². The topological polar surface area (TPSA) is 55.6 Å². The van der Waals surface area contributed by atoms with Crippen molar-refractivity contribution in [3.63, 3.8) is 0 Å². The molecular formula is C13H24N2O2. The number of nitrogens with zero attached hydrogens (tertiary/aromatic N) is 1. The summed E-state index contributed by atoms with van der Waals surface area (Å²) in [6.07, 6.45) is 4.15. The van der Waals surface area contributed by atoms with Crippen LogP contribution in [-0.2, 0) is 9.53 Å². The Hall–Kier alpha value is -0.610. The zero-order chi connectivity index (χ0) is 12.4. The van der Waals surface area contributed by atoms with E-state index in [1.54, 1.807) is 0 Å². The lowest BCUT2D eigenvalue weighted by Crippen LogP contribution is -2.50. The summed E-state index contributed by atoms with van der Waals surface area (Å²) < 4.78 is 5.54. The molecule has 17 heavy (non-hydrogen) atoms. The van der Waals surface area contributed by atoms with E-state index in [-0.39, 0.29) is 24.1 Å². The first-order chi connectivity index (χ1) is 8.08. The Labute approximate surface area is 103 Å². The first kappa shape index (κ1) is 12.8. The minimum absolute atomic E-state index is 0.160. The van der Waals surface area contributed by atoms with Crippen molar-refractivity contribution >= 4 is 5.91 Å². The van der Waals surface area contributed by atoms with Crippen molar-refractivity contribution in [2.75, 3.05) is 13.2 Å². The zero-order valence-electron chi connectivity index (χ0n) is 10.9. The summed E-state index contributed by atoms with van der Waals surface area (Å²) in [5, 5.41) is 0. The molecule has 4 nitrogen and oxygen atoms in total. The first-order valence-corrected chi connectivity index (χ1v) is 6.74. The summed E-state index contributed by atoms with van der Waals surface area (Å²) in [5.74, 6) is 0.655. The lowest BCUT2D eigenvalue weighted by molar-refractivity contribution is -0.144. The van der Waals surface area contributed by atoms with Gasteiger partial charge >= 0.3 is 0 Å². The monoisotopic (exact) mass is 240 g/mol. The number of carbonyl (C=O) groups is 1. The number of amides is 1. The standard InChI is InChI=1S/C13H24N2O2/c1-9-8-17-10(2)7-15(9)13(16)6-11-4-3-5-12(11)14/h9-12H,3-8,14H2,1-2H3/t9?,10?,11-,12+/m0/s1. The minimum Gasteiger partial charge on any atom is -0.375 e. The molecule has 0 bridgehead atoms. The molecule has 2 unspecified atom stereocenters. The fraction of sp³-hybridized carbons (Fsp3) is 0.923. The van der Waals surface area contributed by atoms with Gasteiger partial charge in [-0.15, -0.1) is 0 Å². The van der Waals surface area contributed by atoms with Gasteiger partial charge in [0.15, 0.2) is 0 Å². The van der Waals surface area contributed by atoms with Gasteiger partial charge in [-0.25, -0.2) is 0 Å². The highest BCUT2D eigenvalue weighted by Crippen LogP contribution is 2.28. The van der Waals surface area contributed by atoms with Crippen LogP contribution >= 0.6 is 0 Å². The van der Waals surface area contributed by atoms with Crippen molar-refractivity contribution in [1.29, 1.82) is 0 Å². The molecule has 1 heterocycles. The Balaban J connectivity index is 1.89. The summed E-state index contributed by atoms with van der Waals surface area (Å²) in [4.78, 5) is 14.2. The molecule has 2 aliphatic rings. The Morgan fingerprint density at radius 3 is 2.82 bits per heavy atom. The minimum atomic E-state index is 0.160. The predicted octanol–water partition coefficient (Wildman–Crippen LogP) is 1.14. The second kappa shape index (κ2) is 5.36. The number of nitrogens with two attached hydrogens (primary N) is 1. The van der Waals surface area contributed by atoms with Gasteiger partial charge in [0.25, 0.3) is 0 Å². The lowest BCUT2D eigenvalue weighted by Gasteiger charge is -2.37. The largest absolute Gasteiger partial charge is 0.375 e. The predicted molar refractivity (Wildman–Crippen MR) is 66.5 cm³/mol. The maximum atomic E-state index is 12.3. The van der Waals surface area contributed by atoms with Crippen LogP contribution in [0, 0.1) is 5.92 Å². The Bertz CT molecular complexity index is 283. The van der Waals surface area contributed by atoms with Gasteiger partial charge in [0.1, 0.15) is 0 Å². The van der Waals surface area contributed by atoms with E-state index in [1.807, 2.05) is 11.8 Å². The van der Waals surface area contributed by atoms with E-state index >= 15 is 0 Å². The SMILES string of the molecule is CC1CN(C(=O)C[C@@H]2CCC[C@H]2N)C(C)CO1. The van der Waals surface area contributed by atoms with Crippen molar-refractivity contribution < 1.29 is 9.53 Å². The first-order valence-electron chi connectivity index (χ1n) is 6.74. The van der Waals surface area contributed by atoms with E-state index in [1.165, 1.54) is 6.42 Å². The molecule has 1 amide bonds. The summed E-state index contributed by atoms with van der Waals surface area (Å²) >= 11 is 0. The highest BCUT2D eigenvalue weighted by molar-refractivity contribution is 5.77. The molecule has 2 rings (SSSR count). The summed E-state index contributed by atoms with van der Waals surface area (Å²) in [7, 11) is 0. The van der Waals surface area contributed by atoms with Gasteiger partial charge in [-0.05, 0) is 32.6 Å². The van der Waals surface area contributed by atoms with Crippen LogP contribution in [0.5, 0.6) is 0 Å². The molecule has 98 valence electrons. The second-order valence-electron chi connectivity index (χ2n) is 5.60. The van der Waals surface area contributed by atoms with Gasteiger partial charge in [0, 0.05) is 19.0 Å². The van der Waals surface area contributed by atoms with Gasteiger partial charge in [0.2, 0.25) is 5.91 Å². The van der Waals surface area contributed by atoms with Crippen molar-refractivity contribution in [2.45, 2.75) is 57.7 Å². The van der Waals surface area contributed by atoms with Crippen LogP contribution in [0.2, 0.25) is 0 Å². The molecule has 0 spiro atoms. The van der Waals surface area contributed by atoms with E-state index in [4.69, 9.17) is 10.5 Å². The molecule has 2 N–H and O–H groups in total. The van der Waals surface area contributed by atoms with Crippen molar-refractivity contribution in [1.82, 2.24) is 4.90 Å². The van der Waals surface area contributed by atoms with E-state index in [0.717, 1.165) is 19.4 Å². The molecule has 1 saturated heterocycles. The zero-order valence-corrected chi connectivity index (χ0v) is 10.9. The molecule has 4 heteroatoms. The third-order valence-corrected chi connectivity index (χ3v) is 4.08. The highest BCUT2D eigenvalue weighted by atomic mass is 16.5. The number of hydrogen-bond acceptors (Lipinski definition) is 3. The van der Waals surface area contributed by atoms with Crippen LogP contribution < -0.4 is 5.73 Å². The van der Waals surface area contributed by atoms with Crippen LogP contribution in [0.15, 0.2) is 0 Å². The Morgan fingerprint density at radius 1 is 1.41 bits per heavy atom. The number of ether oxygens (including phenoxy) is 1. The van der Waals surface area contributed by atoms with Gasteiger partial charge < -0.3 is 15.4 Å². The fourth-order valence-electron chi connectivity index (χ4n) is 2.91. The second-order valence-corrected chi connectivity index (χ2v) is 5.60. The maximum Gasteiger partial charge on any atom is 0.223 e. The molecule has 1 aliphatic heterocycles. The number of hydrogen-bond donors (Lipinski definition) is 1. The molecule has 0 aromatic rings. The maximum absolute atomic E-state index is 12.3. The average molecular weight is 240 g/mol. The molecule has 1 aliphatic carbocycles. The molecule has 4 atom stereocenters. The van der Waals surface area contributed by atoms with E-state index in [9.17, 15) is 4.79 Å². The molecule has 0 aromatic heterocycles. The Kier molecular flexibility index (Phi) is 4.05. The summed E-state index contributed by atoms with van der Waals surface area (Å²) in [6, 6.07) is 0.434. The molecular weight excluding hydrogens is 216 g/mol. The van der Waals surface area contributed by atoms with Crippen molar-refractivity contribution in [3.05, 3.63) is 0 Å². The van der Waals surface area contributed by atoms with Crippen molar-refractivity contribution in [2.24, 2.45) is 11.7 Å². The molecule has 1 saturated carbocycles. The quantitative estimate of drug-likeness (QED) is 0.787. The third-order valence-electron chi connectivity index (χ3n) is 4.08. The fourth-order valence-corrected chi connectivity index (χ4v) is 2.91. The van der Waals surface area contributed by atoms with Gasteiger partial charge in [-0.1, -0.05) is 6.42 Å². The Morgan fingerprint density at radius 2 is 2.18 bits per heavy atom. The highest BCUT2D eigenvalue weighted by Gasteiger charge is 2.32. The van der Waals surface area contributed by atoms with Crippen LogP contribution in [-0.4, -0.2) is 42.1 Å². The van der Waals surface area contributed by atoms with Crippen LogP contribution in [0.1, 0.15) is 39.5 Å². The van der Waals surface area contributed by atoms with Crippen LogP contribution in [0.3, 0.4) is 0 Å². The lowest BCUT2D eigenvalue weighted by atomic mass is 9.99. The van der Waals surface area contributed by atoms with E-state index in [0.29, 0.717) is 18.9 Å². The summed E-state index contributed by atoms with van der Waals surface area (Å²) in [5.41, 5.74) is 6.02. The smallest absolute Gasteiger partial charge is 0.223 e. The van der Waals surface area contributed by atoms with E-state index in [2.05, 4.69) is 6.92 Å². The molecule has 2 fully saturated rings.